The van der Waals surface area contributed by atoms with Crippen molar-refractivity contribution in [3.8, 4) is 0 Å². The molecule has 108 valence electrons. The summed E-state index contributed by atoms with van der Waals surface area (Å²) >= 11 is 0. The summed E-state index contributed by atoms with van der Waals surface area (Å²) in [5, 5.41) is 11.0. The normalized spacial score (nSPS) is 19.4. The Kier molecular flexibility index (Phi) is 3.69. The highest BCUT2D eigenvalue weighted by Crippen LogP contribution is 2.33. The molecule has 20 heavy (non-hydrogen) atoms. The number of carbonyl (C=O) groups is 2. The maximum atomic E-state index is 12.1. The molecule has 4 N–H and O–H groups in total. The predicted molar refractivity (Wildman–Crippen MR) is 75.4 cm³/mol. The first-order chi connectivity index (χ1) is 9.50. The van der Waals surface area contributed by atoms with E-state index in [9.17, 15) is 9.59 Å². The number of alkyl carbamates (subject to hydrolysis) is 1. The number of ether oxygens (including phenoxy) is 1. The van der Waals surface area contributed by atoms with E-state index in [0.29, 0.717) is 0 Å². The van der Waals surface area contributed by atoms with Gasteiger partial charge in [-0.1, -0.05) is 6.07 Å². The lowest BCUT2D eigenvalue weighted by atomic mass is 10.2. The smallest absolute Gasteiger partial charge is 0.410 e. The van der Waals surface area contributed by atoms with Crippen molar-refractivity contribution in [3.63, 3.8) is 0 Å². The lowest BCUT2D eigenvalue weighted by Gasteiger charge is -2.28. The van der Waals surface area contributed by atoms with Crippen molar-refractivity contribution in [1.29, 1.82) is 0 Å². The summed E-state index contributed by atoms with van der Waals surface area (Å²) in [6, 6.07) is 5.65. The third-order valence-electron chi connectivity index (χ3n) is 2.95. The van der Waals surface area contributed by atoms with Crippen molar-refractivity contribution in [2.45, 2.75) is 19.6 Å². The van der Waals surface area contributed by atoms with Crippen molar-refractivity contribution < 1.29 is 14.3 Å². The van der Waals surface area contributed by atoms with E-state index in [0.717, 1.165) is 16.9 Å². The number of amides is 2. The molecule has 0 fully saturated rings. The lowest BCUT2D eigenvalue weighted by Crippen LogP contribution is -2.66. The Balaban J connectivity index is 2.28. The molecule has 1 atom stereocenters. The summed E-state index contributed by atoms with van der Waals surface area (Å²) in [6.07, 6.45) is -0.680. The molecule has 0 bridgehead atoms. The fraction of sp³-hybridized carbons (Fsp3) is 0.385. The van der Waals surface area contributed by atoms with Gasteiger partial charge in [0.1, 0.15) is 0 Å². The number of likely N-dealkylation sites (N-methyl/N-ethyl adjacent to an activating group) is 1. The molecular weight excluding hydrogens is 260 g/mol. The predicted octanol–water partition coefficient (Wildman–Crippen LogP) is 0.978. The van der Waals surface area contributed by atoms with E-state index in [2.05, 4.69) is 21.3 Å². The molecule has 1 aromatic rings. The molecule has 2 rings (SSSR count). The molecule has 0 aliphatic carbocycles. The van der Waals surface area contributed by atoms with Crippen LogP contribution >= 0.6 is 0 Å². The standard InChI is InChI=1S/C13H18N4O3/c1-4-20-12(19)17-13(11(18)14-3)15-9-6-5-8(2)7-10(9)16-13/h5-7,15-16H,4H2,1-3H3,(H,14,18)(H,17,19). The first-order valence-corrected chi connectivity index (χ1v) is 6.35. The molecule has 0 saturated heterocycles. The Morgan fingerprint density at radius 1 is 1.30 bits per heavy atom. The van der Waals surface area contributed by atoms with Gasteiger partial charge < -0.3 is 20.7 Å². The molecule has 1 unspecified atom stereocenters. The van der Waals surface area contributed by atoms with Crippen LogP contribution in [0.2, 0.25) is 0 Å². The molecular formula is C13H18N4O3. The quantitative estimate of drug-likeness (QED) is 0.661. The van der Waals surface area contributed by atoms with Gasteiger partial charge in [-0.25, -0.2) is 4.79 Å². The zero-order valence-electron chi connectivity index (χ0n) is 11.7. The number of fused-ring (bicyclic) bond motifs is 1. The van der Waals surface area contributed by atoms with E-state index < -0.39 is 17.8 Å². The van der Waals surface area contributed by atoms with E-state index in [-0.39, 0.29) is 6.61 Å². The second-order valence-electron chi connectivity index (χ2n) is 4.47. The van der Waals surface area contributed by atoms with Gasteiger partial charge in [-0.15, -0.1) is 0 Å². The highest BCUT2D eigenvalue weighted by Gasteiger charge is 2.45. The van der Waals surface area contributed by atoms with Crippen LogP contribution in [-0.4, -0.2) is 31.4 Å². The van der Waals surface area contributed by atoms with Crippen LogP contribution < -0.4 is 21.3 Å². The van der Waals surface area contributed by atoms with Crippen LogP contribution in [0.1, 0.15) is 12.5 Å². The van der Waals surface area contributed by atoms with Gasteiger partial charge in [-0.05, 0) is 31.5 Å². The highest BCUT2D eigenvalue weighted by molar-refractivity contribution is 5.99. The van der Waals surface area contributed by atoms with Gasteiger partial charge in [0.2, 0.25) is 0 Å². The lowest BCUT2D eigenvalue weighted by molar-refractivity contribution is -0.124. The van der Waals surface area contributed by atoms with Gasteiger partial charge in [0.15, 0.2) is 0 Å². The number of anilines is 2. The largest absolute Gasteiger partial charge is 0.450 e. The van der Waals surface area contributed by atoms with E-state index in [1.165, 1.54) is 7.05 Å². The second-order valence-corrected chi connectivity index (χ2v) is 4.47. The van der Waals surface area contributed by atoms with Crippen LogP contribution in [0.25, 0.3) is 0 Å². The molecule has 7 heteroatoms. The second kappa shape index (κ2) is 5.28. The van der Waals surface area contributed by atoms with E-state index >= 15 is 0 Å². The van der Waals surface area contributed by atoms with E-state index in [4.69, 9.17) is 4.74 Å². The summed E-state index contributed by atoms with van der Waals surface area (Å²) in [5.74, 6) is -1.86. The number of aryl methyl sites for hydroxylation is 1. The maximum absolute atomic E-state index is 12.1. The summed E-state index contributed by atoms with van der Waals surface area (Å²) < 4.78 is 4.84. The van der Waals surface area contributed by atoms with E-state index in [1.807, 2.05) is 25.1 Å². The first-order valence-electron chi connectivity index (χ1n) is 6.35. The van der Waals surface area contributed by atoms with Gasteiger partial charge in [-0.2, -0.15) is 0 Å². The molecule has 0 aromatic heterocycles. The van der Waals surface area contributed by atoms with Crippen LogP contribution in [0.4, 0.5) is 16.2 Å². The number of carbonyl (C=O) groups excluding carboxylic acids is 2. The molecule has 1 aliphatic rings. The van der Waals surface area contributed by atoms with Crippen molar-refractivity contribution in [3.05, 3.63) is 23.8 Å². The molecule has 1 aliphatic heterocycles. The van der Waals surface area contributed by atoms with E-state index in [1.54, 1.807) is 6.92 Å². The van der Waals surface area contributed by atoms with Gasteiger partial charge in [0, 0.05) is 7.05 Å². The van der Waals surface area contributed by atoms with Crippen molar-refractivity contribution >= 4 is 23.4 Å². The average Bonchev–Trinajstić information content (AvgIpc) is 2.76. The molecule has 0 spiro atoms. The molecule has 2 amide bonds. The summed E-state index contributed by atoms with van der Waals surface area (Å²) in [7, 11) is 1.49. The Hall–Kier alpha value is -2.44. The number of hydrogen-bond acceptors (Lipinski definition) is 5. The zero-order valence-corrected chi connectivity index (χ0v) is 11.7. The molecule has 0 saturated carbocycles. The van der Waals surface area contributed by atoms with Crippen molar-refractivity contribution in [2.75, 3.05) is 24.3 Å². The fourth-order valence-corrected chi connectivity index (χ4v) is 2.05. The Morgan fingerprint density at radius 3 is 2.65 bits per heavy atom. The van der Waals surface area contributed by atoms with Crippen LogP contribution in [0, 0.1) is 6.92 Å². The minimum Gasteiger partial charge on any atom is -0.450 e. The first kappa shape index (κ1) is 14.0. The third-order valence-corrected chi connectivity index (χ3v) is 2.95. The molecule has 0 radical (unpaired) electrons. The molecule has 7 nitrogen and oxygen atoms in total. The minimum absolute atomic E-state index is 0.224. The Morgan fingerprint density at radius 2 is 2.00 bits per heavy atom. The summed E-state index contributed by atoms with van der Waals surface area (Å²) in [6.45, 7) is 3.86. The monoisotopic (exact) mass is 278 g/mol. The fourth-order valence-electron chi connectivity index (χ4n) is 2.05. The van der Waals surface area contributed by atoms with Crippen LogP contribution in [0.15, 0.2) is 18.2 Å². The number of nitrogens with one attached hydrogen (secondary N) is 4. The third kappa shape index (κ3) is 2.47. The minimum atomic E-state index is -1.45. The Bertz CT molecular complexity index is 546. The number of rotatable bonds is 3. The molecule has 1 aromatic carbocycles. The summed E-state index contributed by atoms with van der Waals surface area (Å²) in [5.41, 5.74) is 2.52. The van der Waals surface area contributed by atoms with Crippen LogP contribution in [0.3, 0.4) is 0 Å². The van der Waals surface area contributed by atoms with Crippen LogP contribution in [-0.2, 0) is 9.53 Å². The number of hydrogen-bond donors (Lipinski definition) is 4. The topological polar surface area (TPSA) is 91.5 Å². The van der Waals surface area contributed by atoms with Gasteiger partial charge in [0.25, 0.3) is 11.7 Å². The van der Waals surface area contributed by atoms with Crippen LogP contribution in [0.5, 0.6) is 0 Å². The molecule has 1 heterocycles. The summed E-state index contributed by atoms with van der Waals surface area (Å²) in [4.78, 5) is 23.8. The number of benzene rings is 1. The van der Waals surface area contributed by atoms with Gasteiger partial charge >= 0.3 is 6.09 Å². The average molecular weight is 278 g/mol. The van der Waals surface area contributed by atoms with Crippen molar-refractivity contribution in [2.24, 2.45) is 0 Å². The maximum Gasteiger partial charge on any atom is 0.410 e. The highest BCUT2D eigenvalue weighted by atomic mass is 16.5. The van der Waals surface area contributed by atoms with Gasteiger partial charge in [-0.3, -0.25) is 10.1 Å². The van der Waals surface area contributed by atoms with Gasteiger partial charge in [0.05, 0.1) is 18.0 Å². The van der Waals surface area contributed by atoms with Crippen molar-refractivity contribution in [1.82, 2.24) is 10.6 Å². The zero-order chi connectivity index (χ0) is 14.8. The SMILES string of the molecule is CCOC(=O)NC1(C(=O)NC)Nc2ccc(C)cc2N1. The Labute approximate surface area is 117 Å².